The molecule has 0 bridgehead atoms. The molecule has 0 saturated heterocycles. The average molecular weight is 551 g/mol. The van der Waals surface area contributed by atoms with E-state index in [-0.39, 0.29) is 0 Å². The van der Waals surface area contributed by atoms with Crippen LogP contribution in [0.15, 0.2) is 153 Å². The number of rotatable bonds is 4. The van der Waals surface area contributed by atoms with Gasteiger partial charge < -0.3 is 11.5 Å². The zero-order chi connectivity index (χ0) is 27.1. The molecule has 6 aromatic carbocycles. The second kappa shape index (κ2) is 10.3. The standard InChI is InChI=1S/C36H26N2S2/c37-27-21-22-28-34(29(27)23-13-5-1-6-14-23)40-35-31(25-17-9-3-10-18-25)30(24-15-7-2-8-16-24)33(38)32(36(35)39-28)26-19-11-4-12-20-26/h1-22H,37-38H2. The van der Waals surface area contributed by atoms with Crippen LogP contribution in [0.25, 0.3) is 44.5 Å². The second-order valence-corrected chi connectivity index (χ2v) is 11.8. The van der Waals surface area contributed by atoms with Crippen molar-refractivity contribution >= 4 is 34.9 Å². The van der Waals surface area contributed by atoms with Crippen LogP contribution in [-0.4, -0.2) is 0 Å². The van der Waals surface area contributed by atoms with Gasteiger partial charge in [-0.2, -0.15) is 0 Å². The van der Waals surface area contributed by atoms with Crippen LogP contribution in [0, 0.1) is 0 Å². The van der Waals surface area contributed by atoms with Crippen LogP contribution in [0.2, 0.25) is 0 Å². The van der Waals surface area contributed by atoms with Crippen LogP contribution in [0.5, 0.6) is 0 Å². The fourth-order valence-corrected chi connectivity index (χ4v) is 8.27. The summed E-state index contributed by atoms with van der Waals surface area (Å²) >= 11 is 3.60. The lowest BCUT2D eigenvalue weighted by molar-refractivity contribution is 1.17. The first-order valence-corrected chi connectivity index (χ1v) is 14.8. The first-order valence-electron chi connectivity index (χ1n) is 13.2. The van der Waals surface area contributed by atoms with E-state index in [9.17, 15) is 0 Å². The molecule has 1 heterocycles. The molecule has 0 radical (unpaired) electrons. The maximum absolute atomic E-state index is 7.23. The van der Waals surface area contributed by atoms with Crippen molar-refractivity contribution in [3.8, 4) is 44.5 Å². The van der Waals surface area contributed by atoms with E-state index in [1.165, 1.54) is 19.6 Å². The molecule has 0 saturated carbocycles. The summed E-state index contributed by atoms with van der Waals surface area (Å²) in [6, 6.07) is 46.3. The van der Waals surface area contributed by atoms with Gasteiger partial charge in [0.2, 0.25) is 0 Å². The molecule has 0 aliphatic carbocycles. The van der Waals surface area contributed by atoms with Crippen LogP contribution in [0.1, 0.15) is 0 Å². The molecule has 0 aromatic heterocycles. The lowest BCUT2D eigenvalue weighted by atomic mass is 9.88. The Morgan fingerprint density at radius 1 is 0.350 bits per heavy atom. The third kappa shape index (κ3) is 4.17. The molecule has 40 heavy (non-hydrogen) atoms. The molecule has 192 valence electrons. The van der Waals surface area contributed by atoms with E-state index < -0.39 is 0 Å². The van der Waals surface area contributed by atoms with Gasteiger partial charge in [-0.25, -0.2) is 0 Å². The zero-order valence-corrected chi connectivity index (χ0v) is 23.3. The maximum atomic E-state index is 7.23. The summed E-state index contributed by atoms with van der Waals surface area (Å²) in [7, 11) is 0. The number of anilines is 2. The van der Waals surface area contributed by atoms with Gasteiger partial charge >= 0.3 is 0 Å². The predicted octanol–water partition coefficient (Wildman–Crippen LogP) is 10.1. The van der Waals surface area contributed by atoms with Crippen molar-refractivity contribution in [1.29, 1.82) is 0 Å². The molecule has 0 unspecified atom stereocenters. The fraction of sp³-hybridized carbons (Fsp3) is 0. The molecule has 4 heteroatoms. The van der Waals surface area contributed by atoms with Gasteiger partial charge in [0.15, 0.2) is 0 Å². The van der Waals surface area contributed by atoms with E-state index in [0.717, 1.165) is 55.9 Å². The van der Waals surface area contributed by atoms with E-state index in [1.54, 1.807) is 11.8 Å². The van der Waals surface area contributed by atoms with Crippen molar-refractivity contribution in [3.63, 3.8) is 0 Å². The van der Waals surface area contributed by atoms with Gasteiger partial charge in [-0.15, -0.1) is 0 Å². The topological polar surface area (TPSA) is 52.0 Å². The smallest absolute Gasteiger partial charge is 0.0492 e. The minimum Gasteiger partial charge on any atom is -0.398 e. The highest BCUT2D eigenvalue weighted by atomic mass is 32.2. The first kappa shape index (κ1) is 24.6. The Labute approximate surface area is 243 Å². The highest BCUT2D eigenvalue weighted by Gasteiger charge is 2.31. The Morgan fingerprint density at radius 3 is 1.30 bits per heavy atom. The van der Waals surface area contributed by atoms with E-state index in [0.29, 0.717) is 0 Å². The van der Waals surface area contributed by atoms with Gasteiger partial charge in [0, 0.05) is 53.2 Å². The summed E-state index contributed by atoms with van der Waals surface area (Å²) in [5, 5.41) is 0. The van der Waals surface area contributed by atoms with E-state index in [4.69, 9.17) is 11.5 Å². The molecule has 7 rings (SSSR count). The molecule has 0 amide bonds. The van der Waals surface area contributed by atoms with Crippen molar-refractivity contribution < 1.29 is 0 Å². The van der Waals surface area contributed by atoms with Gasteiger partial charge in [0.1, 0.15) is 0 Å². The number of benzene rings is 6. The molecule has 6 aromatic rings. The van der Waals surface area contributed by atoms with Crippen LogP contribution in [0.4, 0.5) is 11.4 Å². The largest absolute Gasteiger partial charge is 0.398 e. The Morgan fingerprint density at radius 2 is 0.775 bits per heavy atom. The molecular formula is C36H26N2S2. The van der Waals surface area contributed by atoms with E-state index in [1.807, 2.05) is 30.0 Å². The third-order valence-electron chi connectivity index (χ3n) is 7.27. The third-order valence-corrected chi connectivity index (χ3v) is 9.94. The van der Waals surface area contributed by atoms with Crippen LogP contribution >= 0.6 is 23.5 Å². The lowest BCUT2D eigenvalue weighted by Gasteiger charge is -2.30. The summed E-state index contributed by atoms with van der Waals surface area (Å²) in [6.45, 7) is 0. The maximum Gasteiger partial charge on any atom is 0.0492 e. The lowest BCUT2D eigenvalue weighted by Crippen LogP contribution is -2.05. The van der Waals surface area contributed by atoms with Crippen LogP contribution < -0.4 is 11.5 Å². The molecule has 0 atom stereocenters. The summed E-state index contributed by atoms with van der Waals surface area (Å²) < 4.78 is 0. The van der Waals surface area contributed by atoms with Gasteiger partial charge in [-0.1, -0.05) is 145 Å². The summed E-state index contributed by atoms with van der Waals surface area (Å²) in [5.41, 5.74) is 24.3. The number of hydrogen-bond acceptors (Lipinski definition) is 4. The van der Waals surface area contributed by atoms with E-state index >= 15 is 0 Å². The Bertz CT molecular complexity index is 1840. The SMILES string of the molecule is Nc1ccc2c(c1-c1ccccc1)Sc1c(c(-c3ccccc3)c(N)c(-c3ccccc3)c1-c1ccccc1)S2. The number of fused-ring (bicyclic) bond motifs is 2. The van der Waals surface area contributed by atoms with Crippen molar-refractivity contribution in [2.24, 2.45) is 0 Å². The molecule has 4 N–H and O–H groups in total. The number of nitrogens with two attached hydrogens (primary N) is 2. The van der Waals surface area contributed by atoms with Gasteiger partial charge in [-0.05, 0) is 34.4 Å². The Kier molecular flexibility index (Phi) is 6.35. The minimum atomic E-state index is 0.782. The molecular weight excluding hydrogens is 525 g/mol. The summed E-state index contributed by atoms with van der Waals surface area (Å²) in [6.07, 6.45) is 0. The molecule has 1 aliphatic heterocycles. The quantitative estimate of drug-likeness (QED) is 0.214. The van der Waals surface area contributed by atoms with Gasteiger partial charge in [-0.3, -0.25) is 0 Å². The van der Waals surface area contributed by atoms with Crippen molar-refractivity contribution in [2.75, 3.05) is 11.5 Å². The summed E-state index contributed by atoms with van der Waals surface area (Å²) in [5.74, 6) is 0. The van der Waals surface area contributed by atoms with Crippen LogP contribution in [-0.2, 0) is 0 Å². The van der Waals surface area contributed by atoms with E-state index in [2.05, 4.69) is 115 Å². The average Bonchev–Trinajstić information content (AvgIpc) is 3.01. The number of nitrogen functional groups attached to an aromatic ring is 2. The normalized spacial score (nSPS) is 12.0. The Hall–Kier alpha value is -4.38. The van der Waals surface area contributed by atoms with Crippen molar-refractivity contribution in [1.82, 2.24) is 0 Å². The van der Waals surface area contributed by atoms with Gasteiger partial charge in [0.25, 0.3) is 0 Å². The second-order valence-electron chi connectivity index (χ2n) is 9.72. The van der Waals surface area contributed by atoms with Gasteiger partial charge in [0.05, 0.1) is 0 Å². The molecule has 0 fully saturated rings. The fourth-order valence-electron chi connectivity index (χ4n) is 5.47. The first-order chi connectivity index (χ1) is 19.7. The zero-order valence-electron chi connectivity index (χ0n) is 21.7. The van der Waals surface area contributed by atoms with Crippen molar-refractivity contribution in [3.05, 3.63) is 133 Å². The summed E-state index contributed by atoms with van der Waals surface area (Å²) in [4.78, 5) is 4.76. The highest BCUT2D eigenvalue weighted by Crippen LogP contribution is 2.61. The number of hydrogen-bond donors (Lipinski definition) is 2. The molecule has 2 nitrogen and oxygen atoms in total. The highest BCUT2D eigenvalue weighted by molar-refractivity contribution is 8.05. The minimum absolute atomic E-state index is 0.782. The molecule has 0 spiro atoms. The van der Waals surface area contributed by atoms with Crippen molar-refractivity contribution in [2.45, 2.75) is 19.6 Å². The monoisotopic (exact) mass is 550 g/mol. The van der Waals surface area contributed by atoms with Crippen LogP contribution in [0.3, 0.4) is 0 Å². The predicted molar refractivity (Wildman–Crippen MR) is 172 cm³/mol. The molecule has 1 aliphatic rings. The Balaban J connectivity index is 1.59.